The quantitative estimate of drug-likeness (QED) is 0.521. The molecule has 1 atom stereocenters. The van der Waals surface area contributed by atoms with E-state index in [-0.39, 0.29) is 17.8 Å². The van der Waals surface area contributed by atoms with Crippen molar-refractivity contribution in [2.75, 3.05) is 11.9 Å². The molecule has 3 aromatic rings. The van der Waals surface area contributed by atoms with Crippen molar-refractivity contribution in [2.45, 2.75) is 6.04 Å². The first-order valence-corrected chi connectivity index (χ1v) is 9.51. The van der Waals surface area contributed by atoms with Gasteiger partial charge in [-0.2, -0.15) is 0 Å². The van der Waals surface area contributed by atoms with Crippen molar-refractivity contribution in [3.05, 3.63) is 91.9 Å². The summed E-state index contributed by atoms with van der Waals surface area (Å²) < 4.78 is 14.1. The summed E-state index contributed by atoms with van der Waals surface area (Å²) in [5.74, 6) is -1.66. The lowest BCUT2D eigenvalue weighted by atomic mass is 10.0. The zero-order valence-corrected chi connectivity index (χ0v) is 15.7. The highest BCUT2D eigenvalue weighted by molar-refractivity contribution is 7.10. The number of nitrogens with zero attached hydrogens (tertiary/aromatic N) is 2. The van der Waals surface area contributed by atoms with E-state index in [0.29, 0.717) is 16.1 Å². The second-order valence-corrected chi connectivity index (χ2v) is 7.38. The Labute approximate surface area is 168 Å². The largest absolute Gasteiger partial charge is 0.324 e. The van der Waals surface area contributed by atoms with E-state index in [1.807, 2.05) is 5.38 Å². The van der Waals surface area contributed by atoms with Crippen molar-refractivity contribution in [3.8, 4) is 0 Å². The van der Waals surface area contributed by atoms with Crippen LogP contribution in [0.25, 0.3) is 0 Å². The lowest BCUT2D eigenvalue weighted by Crippen LogP contribution is -2.39. The molecule has 29 heavy (non-hydrogen) atoms. The lowest BCUT2D eigenvalue weighted by Gasteiger charge is -2.29. The van der Waals surface area contributed by atoms with Gasteiger partial charge in [0.1, 0.15) is 17.9 Å². The maximum Gasteiger partial charge on any atom is 0.282 e. The number of hydrogen-bond acceptors (Lipinski definition) is 5. The molecular formula is C20H14FN3O4S. The molecule has 146 valence electrons. The normalized spacial score (nSPS) is 16.0. The first-order valence-electron chi connectivity index (χ1n) is 8.63. The highest BCUT2D eigenvalue weighted by Gasteiger charge is 2.36. The molecule has 0 bridgehead atoms. The Balaban J connectivity index is 1.90. The monoisotopic (exact) mass is 411 g/mol. The number of benzene rings is 2. The van der Waals surface area contributed by atoms with E-state index >= 15 is 0 Å². The van der Waals surface area contributed by atoms with Crippen LogP contribution in [-0.2, 0) is 4.79 Å². The number of amides is 2. The first kappa shape index (κ1) is 18.8. The van der Waals surface area contributed by atoms with Gasteiger partial charge in [-0.25, -0.2) is 4.39 Å². The van der Waals surface area contributed by atoms with Gasteiger partial charge in [0.05, 0.1) is 11.0 Å². The molecule has 1 aliphatic rings. The molecule has 0 aliphatic carbocycles. The third-order valence-corrected chi connectivity index (χ3v) is 5.54. The molecule has 0 spiro atoms. The van der Waals surface area contributed by atoms with Crippen LogP contribution in [-0.4, -0.2) is 28.2 Å². The Hall–Kier alpha value is -3.59. The van der Waals surface area contributed by atoms with Gasteiger partial charge in [0.25, 0.3) is 11.6 Å². The molecule has 2 amide bonds. The van der Waals surface area contributed by atoms with Crippen molar-refractivity contribution in [2.24, 2.45) is 0 Å². The third kappa shape index (κ3) is 3.47. The second-order valence-electron chi connectivity index (χ2n) is 6.41. The van der Waals surface area contributed by atoms with Crippen LogP contribution < -0.4 is 5.32 Å². The van der Waals surface area contributed by atoms with E-state index in [1.54, 1.807) is 12.1 Å². The summed E-state index contributed by atoms with van der Waals surface area (Å²) >= 11 is 1.35. The van der Waals surface area contributed by atoms with Gasteiger partial charge >= 0.3 is 0 Å². The average molecular weight is 411 g/mol. The van der Waals surface area contributed by atoms with Crippen LogP contribution in [0.15, 0.2) is 60.0 Å². The first-order chi connectivity index (χ1) is 14.0. The van der Waals surface area contributed by atoms with E-state index in [2.05, 4.69) is 5.32 Å². The van der Waals surface area contributed by atoms with E-state index in [0.717, 1.165) is 0 Å². The fraction of sp³-hybridized carbons (Fsp3) is 0.100. The number of rotatable bonds is 3. The molecular weight excluding hydrogens is 397 g/mol. The van der Waals surface area contributed by atoms with Crippen molar-refractivity contribution < 1.29 is 18.9 Å². The number of halogens is 1. The number of anilines is 1. The third-order valence-electron chi connectivity index (χ3n) is 4.61. The maximum absolute atomic E-state index is 14.1. The number of nitro benzene ring substituents is 1. The Morgan fingerprint density at radius 2 is 2.00 bits per heavy atom. The number of carbonyl (C=O) groups is 2. The van der Waals surface area contributed by atoms with E-state index < -0.39 is 28.6 Å². The standard InChI is InChI=1S/C20H14FN3O4S/c21-12-7-8-15-14(10-12)19(17-6-3-9-29-17)23(11-18(25)22-15)20(26)13-4-1-2-5-16(13)24(27)28/h1-10,19H,11H2,(H,22,25). The van der Waals surface area contributed by atoms with E-state index in [4.69, 9.17) is 0 Å². The van der Waals surface area contributed by atoms with Crippen molar-refractivity contribution in [3.63, 3.8) is 0 Å². The molecule has 0 radical (unpaired) electrons. The summed E-state index contributed by atoms with van der Waals surface area (Å²) in [6.45, 7) is -0.330. The van der Waals surface area contributed by atoms with Gasteiger partial charge in [0.15, 0.2) is 0 Å². The summed E-state index contributed by atoms with van der Waals surface area (Å²) in [6.07, 6.45) is 0. The second kappa shape index (κ2) is 7.44. The minimum Gasteiger partial charge on any atom is -0.324 e. The molecule has 2 heterocycles. The summed E-state index contributed by atoms with van der Waals surface area (Å²) in [7, 11) is 0. The number of carbonyl (C=O) groups excluding carboxylic acids is 2. The minimum absolute atomic E-state index is 0.133. The van der Waals surface area contributed by atoms with Crippen LogP contribution >= 0.6 is 11.3 Å². The van der Waals surface area contributed by atoms with Crippen LogP contribution in [0.3, 0.4) is 0 Å². The smallest absolute Gasteiger partial charge is 0.282 e. The zero-order chi connectivity index (χ0) is 20.5. The molecule has 9 heteroatoms. The Bertz CT molecular complexity index is 1120. The number of nitro groups is 1. The fourth-order valence-corrected chi connectivity index (χ4v) is 4.24. The summed E-state index contributed by atoms with van der Waals surface area (Å²) in [5, 5.41) is 15.9. The number of fused-ring (bicyclic) bond motifs is 1. The predicted molar refractivity (Wildman–Crippen MR) is 105 cm³/mol. The van der Waals surface area contributed by atoms with Crippen LogP contribution in [0.5, 0.6) is 0 Å². The van der Waals surface area contributed by atoms with Crippen LogP contribution in [0.2, 0.25) is 0 Å². The molecule has 0 fully saturated rings. The highest BCUT2D eigenvalue weighted by atomic mass is 32.1. The van der Waals surface area contributed by atoms with Crippen LogP contribution in [0.4, 0.5) is 15.8 Å². The SMILES string of the molecule is O=C1CN(C(=O)c2ccccc2[N+](=O)[O-])C(c2cccs2)c2cc(F)ccc2N1. The zero-order valence-electron chi connectivity index (χ0n) is 14.9. The Morgan fingerprint density at radius 1 is 1.21 bits per heavy atom. The molecule has 4 rings (SSSR count). The van der Waals surface area contributed by atoms with Gasteiger partial charge < -0.3 is 10.2 Å². The molecule has 2 aromatic carbocycles. The van der Waals surface area contributed by atoms with Crippen molar-refractivity contribution >= 4 is 34.5 Å². The van der Waals surface area contributed by atoms with Gasteiger partial charge in [-0.3, -0.25) is 19.7 Å². The summed E-state index contributed by atoms with van der Waals surface area (Å²) in [6, 6.07) is 12.3. The topological polar surface area (TPSA) is 92.5 Å². The molecule has 1 N–H and O–H groups in total. The van der Waals surface area contributed by atoms with Gasteiger partial charge in [-0.05, 0) is 35.7 Å². The Morgan fingerprint density at radius 3 is 2.72 bits per heavy atom. The number of thiophene rings is 1. The van der Waals surface area contributed by atoms with Gasteiger partial charge in [-0.15, -0.1) is 11.3 Å². The number of hydrogen-bond donors (Lipinski definition) is 1. The van der Waals surface area contributed by atoms with Crippen LogP contribution in [0.1, 0.15) is 26.8 Å². The average Bonchev–Trinajstić information content (AvgIpc) is 3.18. The van der Waals surface area contributed by atoms with Crippen molar-refractivity contribution in [1.82, 2.24) is 4.90 Å². The maximum atomic E-state index is 14.1. The van der Waals surface area contributed by atoms with Crippen molar-refractivity contribution in [1.29, 1.82) is 0 Å². The Kier molecular flexibility index (Phi) is 4.81. The molecule has 1 aliphatic heterocycles. The molecule has 1 unspecified atom stereocenters. The minimum atomic E-state index is -0.771. The van der Waals surface area contributed by atoms with E-state index in [1.165, 1.54) is 58.7 Å². The predicted octanol–water partition coefficient (Wildman–Crippen LogP) is 3.98. The van der Waals surface area contributed by atoms with E-state index in [9.17, 15) is 24.1 Å². The van der Waals surface area contributed by atoms with Gasteiger partial charge in [0.2, 0.25) is 5.91 Å². The number of para-hydroxylation sites is 1. The molecule has 7 nitrogen and oxygen atoms in total. The van der Waals surface area contributed by atoms with Gasteiger partial charge in [-0.1, -0.05) is 18.2 Å². The fourth-order valence-electron chi connectivity index (χ4n) is 3.39. The summed E-state index contributed by atoms with van der Waals surface area (Å²) in [5.41, 5.74) is 0.316. The molecule has 0 saturated carbocycles. The lowest BCUT2D eigenvalue weighted by molar-refractivity contribution is -0.385. The highest BCUT2D eigenvalue weighted by Crippen LogP contribution is 2.39. The molecule has 1 aromatic heterocycles. The van der Waals surface area contributed by atoms with Gasteiger partial charge in [0, 0.05) is 22.2 Å². The van der Waals surface area contributed by atoms with Crippen LogP contribution in [0, 0.1) is 15.9 Å². The summed E-state index contributed by atoms with van der Waals surface area (Å²) in [4.78, 5) is 38.6. The molecule has 0 saturated heterocycles. The number of nitrogens with one attached hydrogen (secondary N) is 1.